The van der Waals surface area contributed by atoms with E-state index in [0.717, 1.165) is 0 Å². The van der Waals surface area contributed by atoms with Gasteiger partial charge in [-0.2, -0.15) is 0 Å². The average Bonchev–Trinajstić information content (AvgIpc) is 2.55. The summed E-state index contributed by atoms with van der Waals surface area (Å²) in [4.78, 5) is 13.3. The van der Waals surface area contributed by atoms with Gasteiger partial charge in [-0.05, 0) is 25.1 Å². The summed E-state index contributed by atoms with van der Waals surface area (Å²) in [6, 6.07) is 7.05. The van der Waals surface area contributed by atoms with Gasteiger partial charge in [-0.15, -0.1) is 0 Å². The highest BCUT2D eigenvalue weighted by atomic mass is 35.5. The second-order valence-corrected chi connectivity index (χ2v) is 4.79. The number of rotatable bonds is 3. The van der Waals surface area contributed by atoms with Gasteiger partial charge in [0.25, 0.3) is 0 Å². The van der Waals surface area contributed by atoms with E-state index in [-0.39, 0.29) is 6.61 Å². The van der Waals surface area contributed by atoms with Crippen LogP contribution in [-0.2, 0) is 4.74 Å². The maximum absolute atomic E-state index is 11.8. The zero-order valence-corrected chi connectivity index (χ0v) is 10.3. The summed E-state index contributed by atoms with van der Waals surface area (Å²) in [7, 11) is 0. The third kappa shape index (κ3) is 2.53. The molecule has 1 saturated heterocycles. The molecule has 4 nitrogen and oxygen atoms in total. The summed E-state index contributed by atoms with van der Waals surface area (Å²) in [5, 5.41) is 9.52. The standard InChI is InChI=1S/C12H14ClNO3/c1-12(5-6-15)8-14(11(16)17-12)10-4-2-3-9(13)7-10/h2-4,7,15H,5-6,8H2,1H3. The predicted molar refractivity (Wildman–Crippen MR) is 65.4 cm³/mol. The number of carbonyl (C=O) groups is 1. The zero-order chi connectivity index (χ0) is 12.5. The molecule has 5 heteroatoms. The number of aliphatic hydroxyl groups excluding tert-OH is 1. The van der Waals surface area contributed by atoms with Crippen LogP contribution in [0, 0.1) is 0 Å². The fraction of sp³-hybridized carbons (Fsp3) is 0.417. The number of hydrogen-bond donors (Lipinski definition) is 1. The number of halogens is 1. The number of ether oxygens (including phenoxy) is 1. The lowest BCUT2D eigenvalue weighted by atomic mass is 10.0. The molecule has 92 valence electrons. The first kappa shape index (κ1) is 12.2. The normalized spacial score (nSPS) is 23.9. The Morgan fingerprint density at radius 3 is 3.00 bits per heavy atom. The van der Waals surface area contributed by atoms with Crippen molar-refractivity contribution in [1.82, 2.24) is 0 Å². The number of aliphatic hydroxyl groups is 1. The van der Waals surface area contributed by atoms with Crippen LogP contribution < -0.4 is 4.90 Å². The van der Waals surface area contributed by atoms with Crippen molar-refractivity contribution in [3.63, 3.8) is 0 Å². The molecule has 0 bridgehead atoms. The maximum Gasteiger partial charge on any atom is 0.415 e. The number of carbonyl (C=O) groups excluding carboxylic acids is 1. The third-order valence-corrected chi connectivity index (χ3v) is 3.04. The fourth-order valence-electron chi connectivity index (χ4n) is 1.90. The highest BCUT2D eigenvalue weighted by Crippen LogP contribution is 2.30. The van der Waals surface area contributed by atoms with Crippen molar-refractivity contribution in [1.29, 1.82) is 0 Å². The van der Waals surface area contributed by atoms with E-state index in [1.54, 1.807) is 24.3 Å². The monoisotopic (exact) mass is 255 g/mol. The van der Waals surface area contributed by atoms with Crippen LogP contribution in [0.4, 0.5) is 10.5 Å². The third-order valence-electron chi connectivity index (χ3n) is 2.81. The first-order valence-electron chi connectivity index (χ1n) is 5.41. The molecule has 0 aromatic heterocycles. The molecule has 1 aliphatic rings. The van der Waals surface area contributed by atoms with Gasteiger partial charge in [0.15, 0.2) is 0 Å². The fourth-order valence-corrected chi connectivity index (χ4v) is 2.09. The Hall–Kier alpha value is -1.26. The van der Waals surface area contributed by atoms with Gasteiger partial charge in [0.05, 0.1) is 6.54 Å². The minimum Gasteiger partial charge on any atom is -0.441 e. The molecule has 1 unspecified atom stereocenters. The molecule has 2 rings (SSSR count). The number of benzene rings is 1. The van der Waals surface area contributed by atoms with E-state index >= 15 is 0 Å². The minimum atomic E-state index is -0.631. The highest BCUT2D eigenvalue weighted by Gasteiger charge is 2.41. The van der Waals surface area contributed by atoms with Crippen molar-refractivity contribution in [3.05, 3.63) is 29.3 Å². The van der Waals surface area contributed by atoms with Crippen molar-refractivity contribution in [3.8, 4) is 0 Å². The van der Waals surface area contributed by atoms with E-state index in [1.807, 2.05) is 6.92 Å². The summed E-state index contributed by atoms with van der Waals surface area (Å²) in [6.45, 7) is 2.23. The summed E-state index contributed by atoms with van der Waals surface area (Å²) in [5.41, 5.74) is 0.0814. The van der Waals surface area contributed by atoms with Crippen LogP contribution >= 0.6 is 11.6 Å². The maximum atomic E-state index is 11.8. The lowest BCUT2D eigenvalue weighted by Gasteiger charge is -2.20. The van der Waals surface area contributed by atoms with Gasteiger partial charge >= 0.3 is 6.09 Å². The predicted octanol–water partition coefficient (Wildman–Crippen LogP) is 2.44. The van der Waals surface area contributed by atoms with Crippen LogP contribution in [-0.4, -0.2) is 30.0 Å². The molecule has 1 aliphatic heterocycles. The second kappa shape index (κ2) is 4.55. The number of cyclic esters (lactones) is 1. The molecule has 0 aliphatic carbocycles. The Morgan fingerprint density at radius 2 is 2.35 bits per heavy atom. The first-order valence-corrected chi connectivity index (χ1v) is 5.79. The van der Waals surface area contributed by atoms with Crippen LogP contribution in [0.3, 0.4) is 0 Å². The largest absolute Gasteiger partial charge is 0.441 e. The Kier molecular flexibility index (Phi) is 3.26. The van der Waals surface area contributed by atoms with Crippen molar-refractivity contribution in [2.24, 2.45) is 0 Å². The van der Waals surface area contributed by atoms with Crippen molar-refractivity contribution in [2.45, 2.75) is 18.9 Å². The number of nitrogens with zero attached hydrogens (tertiary/aromatic N) is 1. The molecule has 1 N–H and O–H groups in total. The number of amides is 1. The topological polar surface area (TPSA) is 49.8 Å². The van der Waals surface area contributed by atoms with Gasteiger partial charge in [0, 0.05) is 23.7 Å². The molecule has 1 heterocycles. The van der Waals surface area contributed by atoms with Gasteiger partial charge in [-0.1, -0.05) is 17.7 Å². The van der Waals surface area contributed by atoms with E-state index in [2.05, 4.69) is 0 Å². The molecule has 0 saturated carbocycles. The molecular formula is C12H14ClNO3. The lowest BCUT2D eigenvalue weighted by Crippen LogP contribution is -2.32. The van der Waals surface area contributed by atoms with Crippen molar-refractivity contribution >= 4 is 23.4 Å². The van der Waals surface area contributed by atoms with Gasteiger partial charge in [-0.25, -0.2) is 4.79 Å². The molecule has 0 radical (unpaired) electrons. The van der Waals surface area contributed by atoms with Crippen LogP contribution in [0.5, 0.6) is 0 Å². The lowest BCUT2D eigenvalue weighted by molar-refractivity contribution is 0.0502. The van der Waals surface area contributed by atoms with Gasteiger partial charge in [-0.3, -0.25) is 4.90 Å². The summed E-state index contributed by atoms with van der Waals surface area (Å²) in [5.74, 6) is 0. The SMILES string of the molecule is CC1(CCO)CN(c2cccc(Cl)c2)C(=O)O1. The Morgan fingerprint density at radius 1 is 1.59 bits per heavy atom. The van der Waals surface area contributed by atoms with Gasteiger partial charge in [0.2, 0.25) is 0 Å². The summed E-state index contributed by atoms with van der Waals surface area (Å²) >= 11 is 5.88. The van der Waals surface area contributed by atoms with E-state index in [0.29, 0.717) is 23.7 Å². The molecule has 1 atom stereocenters. The number of anilines is 1. The Bertz CT molecular complexity index is 438. The van der Waals surface area contributed by atoms with Crippen LogP contribution in [0.15, 0.2) is 24.3 Å². The van der Waals surface area contributed by atoms with E-state index in [4.69, 9.17) is 21.4 Å². The second-order valence-electron chi connectivity index (χ2n) is 4.36. The summed E-state index contributed by atoms with van der Waals surface area (Å²) < 4.78 is 5.28. The molecule has 0 spiro atoms. The zero-order valence-electron chi connectivity index (χ0n) is 9.52. The molecular weight excluding hydrogens is 242 g/mol. The molecule has 1 amide bonds. The van der Waals surface area contributed by atoms with Crippen LogP contribution in [0.2, 0.25) is 5.02 Å². The molecule has 1 aromatic carbocycles. The minimum absolute atomic E-state index is 0.00678. The van der Waals surface area contributed by atoms with E-state index in [9.17, 15) is 4.79 Å². The summed E-state index contributed by atoms with van der Waals surface area (Å²) in [6.07, 6.45) is 0.0266. The molecule has 17 heavy (non-hydrogen) atoms. The molecule has 1 aromatic rings. The van der Waals surface area contributed by atoms with Gasteiger partial charge < -0.3 is 9.84 Å². The van der Waals surface area contributed by atoms with Crippen molar-refractivity contribution in [2.75, 3.05) is 18.1 Å². The molecule has 1 fully saturated rings. The quantitative estimate of drug-likeness (QED) is 0.903. The number of hydrogen-bond acceptors (Lipinski definition) is 3. The van der Waals surface area contributed by atoms with Crippen LogP contribution in [0.25, 0.3) is 0 Å². The average molecular weight is 256 g/mol. The Labute approximate surface area is 105 Å². The van der Waals surface area contributed by atoms with E-state index < -0.39 is 11.7 Å². The smallest absolute Gasteiger partial charge is 0.415 e. The van der Waals surface area contributed by atoms with Gasteiger partial charge in [0.1, 0.15) is 5.60 Å². The van der Waals surface area contributed by atoms with E-state index in [1.165, 1.54) is 4.90 Å². The highest BCUT2D eigenvalue weighted by molar-refractivity contribution is 6.30. The Balaban J connectivity index is 2.21. The first-order chi connectivity index (χ1) is 8.04. The van der Waals surface area contributed by atoms with Crippen LogP contribution in [0.1, 0.15) is 13.3 Å². The van der Waals surface area contributed by atoms with Crippen molar-refractivity contribution < 1.29 is 14.6 Å².